The van der Waals surface area contributed by atoms with Gasteiger partial charge in [-0.05, 0) is 32.8 Å². The summed E-state index contributed by atoms with van der Waals surface area (Å²) >= 11 is 0. The highest BCUT2D eigenvalue weighted by molar-refractivity contribution is 5.55. The predicted octanol–water partition coefficient (Wildman–Crippen LogP) is 2.04. The van der Waals surface area contributed by atoms with Gasteiger partial charge in [-0.3, -0.25) is 4.98 Å². The van der Waals surface area contributed by atoms with Gasteiger partial charge in [0.2, 0.25) is 0 Å². The van der Waals surface area contributed by atoms with E-state index >= 15 is 0 Å². The molecule has 1 aliphatic rings. The third kappa shape index (κ3) is 1.54. The molecule has 0 bridgehead atoms. The molecule has 1 aromatic rings. The van der Waals surface area contributed by atoms with Crippen LogP contribution in [0, 0.1) is 0 Å². The van der Waals surface area contributed by atoms with Gasteiger partial charge in [0, 0.05) is 18.3 Å². The van der Waals surface area contributed by atoms with E-state index in [0.717, 1.165) is 17.9 Å². The second kappa shape index (κ2) is 3.15. The van der Waals surface area contributed by atoms with Crippen molar-refractivity contribution in [1.29, 1.82) is 0 Å². The average Bonchev–Trinajstić information content (AvgIpc) is 2.45. The first-order chi connectivity index (χ1) is 6.59. The quantitative estimate of drug-likeness (QED) is 0.738. The summed E-state index contributed by atoms with van der Waals surface area (Å²) in [5.74, 6) is 0. The SMILES string of the molecule is CC1(C)CCCN1c1cncc(N)c1. The van der Waals surface area contributed by atoms with Gasteiger partial charge >= 0.3 is 0 Å². The van der Waals surface area contributed by atoms with Crippen molar-refractivity contribution in [1.82, 2.24) is 4.98 Å². The third-order valence-electron chi connectivity index (χ3n) is 2.96. The van der Waals surface area contributed by atoms with E-state index in [1.54, 1.807) is 6.20 Å². The van der Waals surface area contributed by atoms with Crippen molar-refractivity contribution >= 4 is 11.4 Å². The van der Waals surface area contributed by atoms with Gasteiger partial charge in [-0.25, -0.2) is 0 Å². The Morgan fingerprint density at radius 2 is 2.21 bits per heavy atom. The molecule has 0 radical (unpaired) electrons. The van der Waals surface area contributed by atoms with Crippen molar-refractivity contribution in [2.75, 3.05) is 17.2 Å². The molecule has 1 fully saturated rings. The summed E-state index contributed by atoms with van der Waals surface area (Å²) in [6.45, 7) is 5.64. The van der Waals surface area contributed by atoms with Gasteiger partial charge in [-0.15, -0.1) is 0 Å². The summed E-state index contributed by atoms with van der Waals surface area (Å²) in [4.78, 5) is 6.51. The lowest BCUT2D eigenvalue weighted by Crippen LogP contribution is -2.38. The van der Waals surface area contributed by atoms with E-state index in [1.807, 2.05) is 12.3 Å². The first-order valence-corrected chi connectivity index (χ1v) is 5.08. The molecule has 3 nitrogen and oxygen atoms in total. The number of hydrogen-bond acceptors (Lipinski definition) is 3. The van der Waals surface area contributed by atoms with Crippen LogP contribution in [-0.4, -0.2) is 17.1 Å². The van der Waals surface area contributed by atoms with Crippen molar-refractivity contribution in [2.24, 2.45) is 0 Å². The van der Waals surface area contributed by atoms with E-state index in [-0.39, 0.29) is 5.54 Å². The van der Waals surface area contributed by atoms with E-state index in [0.29, 0.717) is 0 Å². The Labute approximate surface area is 84.9 Å². The molecule has 2 rings (SSSR count). The second-order valence-electron chi connectivity index (χ2n) is 4.54. The van der Waals surface area contributed by atoms with Crippen LogP contribution in [0.15, 0.2) is 18.5 Å². The zero-order valence-electron chi connectivity index (χ0n) is 8.83. The van der Waals surface area contributed by atoms with Gasteiger partial charge in [-0.1, -0.05) is 0 Å². The van der Waals surface area contributed by atoms with Gasteiger partial charge in [0.05, 0.1) is 17.6 Å². The lowest BCUT2D eigenvalue weighted by molar-refractivity contribution is 0.517. The van der Waals surface area contributed by atoms with Crippen LogP contribution in [0.25, 0.3) is 0 Å². The largest absolute Gasteiger partial charge is 0.397 e. The van der Waals surface area contributed by atoms with Crippen LogP contribution in [0.5, 0.6) is 0 Å². The van der Waals surface area contributed by atoms with E-state index in [2.05, 4.69) is 23.7 Å². The van der Waals surface area contributed by atoms with Gasteiger partial charge < -0.3 is 10.6 Å². The van der Waals surface area contributed by atoms with Gasteiger partial charge in [0.1, 0.15) is 0 Å². The van der Waals surface area contributed by atoms with Gasteiger partial charge in [-0.2, -0.15) is 0 Å². The number of nitrogen functional groups attached to an aromatic ring is 1. The maximum absolute atomic E-state index is 5.73. The molecule has 76 valence electrons. The average molecular weight is 191 g/mol. The fourth-order valence-electron chi connectivity index (χ4n) is 2.18. The highest BCUT2D eigenvalue weighted by atomic mass is 15.2. The zero-order valence-corrected chi connectivity index (χ0v) is 8.83. The number of rotatable bonds is 1. The van der Waals surface area contributed by atoms with Gasteiger partial charge in [0.25, 0.3) is 0 Å². The number of anilines is 2. The molecule has 0 atom stereocenters. The Bertz CT molecular complexity index is 333. The predicted molar refractivity (Wildman–Crippen MR) is 59.3 cm³/mol. The maximum atomic E-state index is 5.73. The summed E-state index contributed by atoms with van der Waals surface area (Å²) in [6.07, 6.45) is 6.07. The first-order valence-electron chi connectivity index (χ1n) is 5.08. The van der Waals surface area contributed by atoms with Crippen LogP contribution in [-0.2, 0) is 0 Å². The molecule has 0 aromatic carbocycles. The molecule has 1 aliphatic heterocycles. The Kier molecular flexibility index (Phi) is 2.10. The van der Waals surface area contributed by atoms with Crippen molar-refractivity contribution in [2.45, 2.75) is 32.2 Å². The summed E-state index contributed by atoms with van der Waals surface area (Å²) < 4.78 is 0. The summed E-state index contributed by atoms with van der Waals surface area (Å²) in [7, 11) is 0. The smallest absolute Gasteiger partial charge is 0.0577 e. The molecule has 1 aromatic heterocycles. The third-order valence-corrected chi connectivity index (χ3v) is 2.96. The number of hydrogen-bond donors (Lipinski definition) is 1. The fourth-order valence-corrected chi connectivity index (χ4v) is 2.18. The molecule has 0 amide bonds. The minimum Gasteiger partial charge on any atom is -0.397 e. The number of nitrogens with two attached hydrogens (primary N) is 1. The van der Waals surface area contributed by atoms with Crippen LogP contribution in [0.3, 0.4) is 0 Å². The molecule has 3 heteroatoms. The molecule has 0 saturated carbocycles. The van der Waals surface area contributed by atoms with Crippen LogP contribution in [0.2, 0.25) is 0 Å². The summed E-state index contributed by atoms with van der Waals surface area (Å²) in [5.41, 5.74) is 7.86. The molecule has 14 heavy (non-hydrogen) atoms. The van der Waals surface area contributed by atoms with Crippen molar-refractivity contribution in [3.63, 3.8) is 0 Å². The fraction of sp³-hybridized carbons (Fsp3) is 0.545. The molecular weight excluding hydrogens is 174 g/mol. The topological polar surface area (TPSA) is 42.2 Å². The molecule has 2 heterocycles. The van der Waals surface area contributed by atoms with Crippen molar-refractivity contribution < 1.29 is 0 Å². The number of aromatic nitrogens is 1. The Morgan fingerprint density at radius 1 is 1.43 bits per heavy atom. The molecule has 0 spiro atoms. The van der Waals surface area contributed by atoms with Crippen LogP contribution in [0.1, 0.15) is 26.7 Å². The van der Waals surface area contributed by atoms with Crippen LogP contribution < -0.4 is 10.6 Å². The van der Waals surface area contributed by atoms with Crippen molar-refractivity contribution in [3.05, 3.63) is 18.5 Å². The molecule has 2 N–H and O–H groups in total. The van der Waals surface area contributed by atoms with Crippen LogP contribution >= 0.6 is 0 Å². The van der Waals surface area contributed by atoms with Gasteiger partial charge in [0.15, 0.2) is 0 Å². The van der Waals surface area contributed by atoms with E-state index in [4.69, 9.17) is 5.73 Å². The highest BCUT2D eigenvalue weighted by Gasteiger charge is 2.31. The zero-order chi connectivity index (χ0) is 10.2. The Hall–Kier alpha value is -1.25. The monoisotopic (exact) mass is 191 g/mol. The second-order valence-corrected chi connectivity index (χ2v) is 4.54. The molecule has 0 unspecified atom stereocenters. The molecular formula is C11H17N3. The van der Waals surface area contributed by atoms with Crippen molar-refractivity contribution in [3.8, 4) is 0 Å². The van der Waals surface area contributed by atoms with E-state index in [9.17, 15) is 0 Å². The standard InChI is InChI=1S/C11H17N3/c1-11(2)4-3-5-14(11)10-6-9(12)7-13-8-10/h6-8H,3-5,12H2,1-2H3. The Morgan fingerprint density at radius 3 is 2.79 bits per heavy atom. The minimum absolute atomic E-state index is 0.246. The van der Waals surface area contributed by atoms with Crippen LogP contribution in [0.4, 0.5) is 11.4 Å². The number of nitrogens with zero attached hydrogens (tertiary/aromatic N) is 2. The lowest BCUT2D eigenvalue weighted by atomic mass is 10.0. The summed E-state index contributed by atoms with van der Waals surface area (Å²) in [6, 6.07) is 2.00. The van der Waals surface area contributed by atoms with E-state index < -0.39 is 0 Å². The minimum atomic E-state index is 0.246. The Balaban J connectivity index is 2.31. The normalized spacial score (nSPS) is 20.0. The molecule has 1 saturated heterocycles. The number of pyridine rings is 1. The van der Waals surface area contributed by atoms with E-state index in [1.165, 1.54) is 12.8 Å². The first kappa shape index (κ1) is 9.31. The molecule has 0 aliphatic carbocycles. The maximum Gasteiger partial charge on any atom is 0.0577 e. The highest BCUT2D eigenvalue weighted by Crippen LogP contribution is 2.33. The lowest BCUT2D eigenvalue weighted by Gasteiger charge is -2.33. The summed E-state index contributed by atoms with van der Waals surface area (Å²) in [5, 5.41) is 0.